The zero-order chi connectivity index (χ0) is 42.1. The molecular formula is C54H53IrN3O2Si-2. The first-order valence-electron chi connectivity index (χ1n) is 20.9. The van der Waals surface area contributed by atoms with E-state index in [2.05, 4.69) is 114 Å². The van der Waals surface area contributed by atoms with Crippen LogP contribution in [0.2, 0.25) is 19.6 Å². The minimum Gasteiger partial charge on any atom is -0.499 e. The fourth-order valence-electron chi connectivity index (χ4n) is 8.81. The van der Waals surface area contributed by atoms with E-state index in [0.717, 1.165) is 89.1 Å². The van der Waals surface area contributed by atoms with Gasteiger partial charge in [-0.05, 0) is 63.7 Å². The molecule has 0 saturated heterocycles. The molecule has 0 unspecified atom stereocenters. The number of ether oxygens (including phenoxy) is 1. The number of nitrogens with zero attached hydrogens (tertiary/aromatic N) is 3. The molecule has 1 saturated carbocycles. The second-order valence-corrected chi connectivity index (χ2v) is 22.4. The van der Waals surface area contributed by atoms with Crippen molar-refractivity contribution in [3.63, 3.8) is 0 Å². The van der Waals surface area contributed by atoms with Crippen molar-refractivity contribution < 1.29 is 38.4 Å². The number of furan rings is 1. The van der Waals surface area contributed by atoms with Crippen molar-refractivity contribution in [1.29, 1.82) is 5.26 Å². The number of aromatic nitrogens is 2. The van der Waals surface area contributed by atoms with Crippen molar-refractivity contribution in [3.05, 3.63) is 172 Å². The smallest absolute Gasteiger partial charge is 0.134 e. The Balaban J connectivity index is 0.000000185. The molecule has 1 fully saturated rings. The van der Waals surface area contributed by atoms with E-state index in [0.29, 0.717) is 5.56 Å². The molecule has 5 nitrogen and oxygen atoms in total. The van der Waals surface area contributed by atoms with Gasteiger partial charge in [-0.3, -0.25) is 0 Å². The van der Waals surface area contributed by atoms with Gasteiger partial charge in [-0.1, -0.05) is 124 Å². The molecule has 0 spiro atoms. The molecule has 7 heteroatoms. The molecular weight excluding hydrogens is 943 g/mol. The third-order valence-electron chi connectivity index (χ3n) is 12.1. The molecule has 8 aromatic rings. The maximum Gasteiger partial charge on any atom is 0.134 e. The minimum absolute atomic E-state index is 0. The Morgan fingerprint density at radius 2 is 1.36 bits per heavy atom. The summed E-state index contributed by atoms with van der Waals surface area (Å²) in [5.74, 6) is 1.69. The average Bonchev–Trinajstić information content (AvgIpc) is 3.60. The first kappa shape index (κ1) is 43.2. The Kier molecular flexibility index (Phi) is 12.7. The first-order chi connectivity index (χ1) is 28.9. The normalized spacial score (nSPS) is 13.0. The molecule has 0 bridgehead atoms. The van der Waals surface area contributed by atoms with Gasteiger partial charge in [0, 0.05) is 45.0 Å². The van der Waals surface area contributed by atoms with Crippen LogP contribution in [-0.4, -0.2) is 15.2 Å². The van der Waals surface area contributed by atoms with Crippen LogP contribution in [0.1, 0.15) is 54.4 Å². The summed E-state index contributed by atoms with van der Waals surface area (Å²) in [5, 5.41) is 15.0. The van der Waals surface area contributed by atoms with Crippen LogP contribution in [0.25, 0.3) is 66.4 Å². The number of hydrogen-bond acceptors (Lipinski definition) is 3. The molecule has 5 aromatic carbocycles. The molecule has 61 heavy (non-hydrogen) atoms. The maximum atomic E-state index is 9.04. The van der Waals surface area contributed by atoms with Crippen LogP contribution in [0, 0.1) is 45.2 Å². The quantitative estimate of drug-likeness (QED) is 0.0908. The van der Waals surface area contributed by atoms with Crippen molar-refractivity contribution in [1.82, 2.24) is 0 Å². The Hall–Kier alpha value is -5.90. The summed E-state index contributed by atoms with van der Waals surface area (Å²) in [7, 11) is 8.81. The molecule has 1 aliphatic carbocycles. The molecule has 0 N–H and O–H groups in total. The van der Waals surface area contributed by atoms with Gasteiger partial charge in [0.05, 0.1) is 61.9 Å². The van der Waals surface area contributed by atoms with Gasteiger partial charge in [-0.25, -0.2) is 0 Å². The molecule has 3 heterocycles. The van der Waals surface area contributed by atoms with Crippen LogP contribution >= 0.6 is 0 Å². The molecule has 0 amide bonds. The van der Waals surface area contributed by atoms with Gasteiger partial charge >= 0.3 is 0 Å². The van der Waals surface area contributed by atoms with E-state index in [9.17, 15) is 0 Å². The van der Waals surface area contributed by atoms with Crippen LogP contribution in [-0.2, 0) is 26.5 Å². The summed E-state index contributed by atoms with van der Waals surface area (Å²) in [6, 6.07) is 39.0. The van der Waals surface area contributed by atoms with Gasteiger partial charge in [-0.2, -0.15) is 36.3 Å². The average molecular weight is 996 g/mol. The van der Waals surface area contributed by atoms with Crippen LogP contribution < -0.4 is 19.1 Å². The molecule has 311 valence electrons. The van der Waals surface area contributed by atoms with Crippen LogP contribution in [0.3, 0.4) is 0 Å². The Labute approximate surface area is 376 Å². The summed E-state index contributed by atoms with van der Waals surface area (Å²) in [4.78, 5) is 0. The van der Waals surface area contributed by atoms with Gasteiger partial charge in [0.15, 0.2) is 0 Å². The number of hydrogen-bond donors (Lipinski definition) is 0. The Morgan fingerprint density at radius 3 is 2.07 bits per heavy atom. The number of methoxy groups -OCH3 is 1. The van der Waals surface area contributed by atoms with Crippen LogP contribution in [0.15, 0.2) is 126 Å². The van der Waals surface area contributed by atoms with Crippen LogP contribution in [0.4, 0.5) is 0 Å². The standard InChI is InChI=1S/C30H19N2O.C24H34NOSi.Ir/c1-19-13-29-27(16-26(19)28-14-22-5-3-4-6-24(22)18-32(28)2)25-12-11-23(15-30(25)33-29)21-9-7-20(17-31)8-10-21;1-18-12-13-21(26-3)16-22(18)23-15-20(14-19-10-8-7-9-11-19)24(17-25(23)2)27(4,5)6;/h3-16,18H,1-2H2;12-13,15-17,19H,1-2,7-11,14H2,3-6H3;/q2*-1;. The third-order valence-corrected chi connectivity index (χ3v) is 14.2. The minimum atomic E-state index is -1.45. The third kappa shape index (κ3) is 9.09. The van der Waals surface area contributed by atoms with Gasteiger partial charge in [0.2, 0.25) is 0 Å². The van der Waals surface area contributed by atoms with Gasteiger partial charge < -0.3 is 18.3 Å². The number of benzene rings is 5. The van der Waals surface area contributed by atoms with Crippen molar-refractivity contribution >= 4 is 46.0 Å². The predicted molar refractivity (Wildman–Crippen MR) is 249 cm³/mol. The molecule has 1 radical (unpaired) electrons. The number of rotatable bonds is 7. The van der Waals surface area contributed by atoms with Crippen molar-refractivity contribution in [3.8, 4) is 45.5 Å². The molecule has 3 aromatic heterocycles. The molecule has 1 aliphatic rings. The summed E-state index contributed by atoms with van der Waals surface area (Å²) in [5.41, 5.74) is 12.1. The summed E-state index contributed by atoms with van der Waals surface area (Å²) >= 11 is 0. The van der Waals surface area contributed by atoms with Gasteiger partial charge in [0.1, 0.15) is 5.58 Å². The zero-order valence-corrected chi connectivity index (χ0v) is 39.1. The Bertz CT molecular complexity index is 2910. The maximum absolute atomic E-state index is 9.04. The van der Waals surface area contributed by atoms with Gasteiger partial charge in [0.25, 0.3) is 0 Å². The largest absolute Gasteiger partial charge is 0.499 e. The topological polar surface area (TPSA) is 53.9 Å². The summed E-state index contributed by atoms with van der Waals surface area (Å²) < 4.78 is 15.6. The summed E-state index contributed by atoms with van der Waals surface area (Å²) in [6.45, 7) is 15.8. The van der Waals surface area contributed by atoms with E-state index in [4.69, 9.17) is 14.4 Å². The van der Waals surface area contributed by atoms with Crippen molar-refractivity contribution in [2.75, 3.05) is 7.11 Å². The van der Waals surface area contributed by atoms with Crippen molar-refractivity contribution in [2.24, 2.45) is 5.92 Å². The number of pyridine rings is 2. The second-order valence-electron chi connectivity index (χ2n) is 17.3. The van der Waals surface area contributed by atoms with Crippen molar-refractivity contribution in [2.45, 2.75) is 58.2 Å². The summed E-state index contributed by atoms with van der Waals surface area (Å²) in [6.07, 6.45) is 12.5. The fraction of sp³-hybridized carbons (Fsp3) is 0.204. The monoisotopic (exact) mass is 996 g/mol. The van der Waals surface area contributed by atoms with Gasteiger partial charge in [-0.15, -0.1) is 23.3 Å². The van der Waals surface area contributed by atoms with E-state index >= 15 is 0 Å². The fourth-order valence-corrected chi connectivity index (χ4v) is 10.5. The molecule has 9 rings (SSSR count). The first-order valence-corrected chi connectivity index (χ1v) is 24.4. The zero-order valence-electron chi connectivity index (χ0n) is 35.7. The van der Waals surface area contributed by atoms with E-state index in [1.54, 1.807) is 12.3 Å². The number of fused-ring (bicyclic) bond motifs is 4. The Morgan fingerprint density at radius 1 is 0.705 bits per heavy atom. The number of nitriles is 1. The van der Waals surface area contributed by atoms with E-state index in [-0.39, 0.29) is 20.1 Å². The van der Waals surface area contributed by atoms with E-state index < -0.39 is 8.07 Å². The van der Waals surface area contributed by atoms with E-state index in [1.165, 1.54) is 44.1 Å². The molecule has 0 aliphatic heterocycles. The van der Waals surface area contributed by atoms with E-state index in [1.807, 2.05) is 69.9 Å². The second kappa shape index (κ2) is 18.0. The predicted octanol–water partition coefficient (Wildman–Crippen LogP) is 12.2. The van der Waals surface area contributed by atoms with Crippen LogP contribution in [0.5, 0.6) is 5.75 Å². The SMILES string of the molecule is [CH2-]c1cc2oc3cc(-c4ccc(C#N)cc4)ccc3c2cc1-c1cc2ccccc2c[n+]1[CH2-].[CH2-]c1ccc(OC)cc1-c1cc(CC2CCCCC2)c([Si](C)(C)C)c[n+]1[CH2-].[Ir]. The molecule has 0 atom stereocenters.